The highest BCUT2D eigenvalue weighted by Gasteiger charge is 2.33. The second-order valence-corrected chi connectivity index (χ2v) is 9.33. The van der Waals surface area contributed by atoms with Crippen LogP contribution in [0.3, 0.4) is 0 Å². The zero-order valence-corrected chi connectivity index (χ0v) is 20.5. The number of benzene rings is 2. The highest BCUT2D eigenvalue weighted by molar-refractivity contribution is 5.97. The molecule has 4 rings (SSSR count). The number of anilines is 1. The fraction of sp³-hybridized carbons (Fsp3) is 0.464. The number of amides is 3. The molecule has 1 fully saturated rings. The van der Waals surface area contributed by atoms with Crippen LogP contribution in [0.5, 0.6) is 5.75 Å². The second-order valence-electron chi connectivity index (χ2n) is 9.33. The molecule has 7 nitrogen and oxygen atoms in total. The van der Waals surface area contributed by atoms with Gasteiger partial charge in [-0.25, -0.2) is 0 Å². The van der Waals surface area contributed by atoms with E-state index in [2.05, 4.69) is 11.4 Å². The minimum Gasteiger partial charge on any atom is -0.494 e. The molecule has 2 aromatic rings. The van der Waals surface area contributed by atoms with Gasteiger partial charge in [0.25, 0.3) is 5.91 Å². The van der Waals surface area contributed by atoms with Crippen molar-refractivity contribution in [1.82, 2.24) is 10.2 Å². The van der Waals surface area contributed by atoms with Crippen LogP contribution < -0.4 is 15.0 Å². The zero-order valence-electron chi connectivity index (χ0n) is 20.5. The number of aryl methyl sites for hydroxylation is 1. The van der Waals surface area contributed by atoms with Crippen molar-refractivity contribution >= 4 is 23.4 Å². The van der Waals surface area contributed by atoms with E-state index in [1.165, 1.54) is 12.5 Å². The molecule has 35 heavy (non-hydrogen) atoms. The van der Waals surface area contributed by atoms with Gasteiger partial charge in [-0.1, -0.05) is 18.2 Å². The number of unbranched alkanes of at least 4 members (excludes halogenated alkanes) is 2. The standard InChI is InChI=1S/C28H35N3O4/c1-21(32)29-17-5-2-6-20-35-25-12-9-23(10-13-25)28(34)30-18-15-24(16-19-30)31-26-8-4-3-7-22(26)11-14-27(31)33/h3-4,7-10,12-13,24H,2,5-6,11,14-20H2,1H3,(H,29,32). The molecule has 3 amide bonds. The van der Waals surface area contributed by atoms with E-state index in [9.17, 15) is 14.4 Å². The number of hydrogen-bond donors (Lipinski definition) is 1. The van der Waals surface area contributed by atoms with Gasteiger partial charge < -0.3 is 19.9 Å². The fourth-order valence-corrected chi connectivity index (χ4v) is 4.92. The van der Waals surface area contributed by atoms with Crippen LogP contribution in [0.25, 0.3) is 0 Å². The van der Waals surface area contributed by atoms with Crippen LogP contribution in [-0.4, -0.2) is 54.9 Å². The first-order chi connectivity index (χ1) is 17.0. The summed E-state index contributed by atoms with van der Waals surface area (Å²) >= 11 is 0. The number of carbonyl (C=O) groups excluding carboxylic acids is 3. The number of fused-ring (bicyclic) bond motifs is 1. The van der Waals surface area contributed by atoms with Gasteiger partial charge in [-0.05, 0) is 74.4 Å². The lowest BCUT2D eigenvalue weighted by molar-refractivity contribution is -0.120. The SMILES string of the molecule is CC(=O)NCCCCCOc1ccc(C(=O)N2CCC(N3C(=O)CCc4ccccc43)CC2)cc1. The summed E-state index contributed by atoms with van der Waals surface area (Å²) in [4.78, 5) is 40.5. The fourth-order valence-electron chi connectivity index (χ4n) is 4.92. The second kappa shape index (κ2) is 11.9. The van der Waals surface area contributed by atoms with Crippen LogP contribution in [0.1, 0.15) is 61.4 Å². The topological polar surface area (TPSA) is 79.0 Å². The van der Waals surface area contributed by atoms with E-state index in [4.69, 9.17) is 4.74 Å². The van der Waals surface area contributed by atoms with Gasteiger partial charge in [0.05, 0.1) is 6.61 Å². The molecule has 0 atom stereocenters. The minimum absolute atomic E-state index is 0.00290. The van der Waals surface area contributed by atoms with Gasteiger partial charge in [0, 0.05) is 50.3 Å². The Bertz CT molecular complexity index is 1030. The van der Waals surface area contributed by atoms with Gasteiger partial charge >= 0.3 is 0 Å². The number of likely N-dealkylation sites (tertiary alicyclic amines) is 1. The quantitative estimate of drug-likeness (QED) is 0.555. The lowest BCUT2D eigenvalue weighted by Gasteiger charge is -2.41. The summed E-state index contributed by atoms with van der Waals surface area (Å²) < 4.78 is 5.78. The van der Waals surface area contributed by atoms with Crippen molar-refractivity contribution in [2.75, 3.05) is 31.1 Å². The maximum Gasteiger partial charge on any atom is 0.253 e. The third-order valence-electron chi connectivity index (χ3n) is 6.81. The Balaban J connectivity index is 1.23. The van der Waals surface area contributed by atoms with Crippen LogP contribution in [0, 0.1) is 0 Å². The molecule has 2 aliphatic heterocycles. The van der Waals surface area contributed by atoms with Gasteiger partial charge in [-0.2, -0.15) is 0 Å². The van der Waals surface area contributed by atoms with Gasteiger partial charge in [0.2, 0.25) is 11.8 Å². The summed E-state index contributed by atoms with van der Waals surface area (Å²) in [6, 6.07) is 15.7. The molecule has 0 radical (unpaired) electrons. The van der Waals surface area contributed by atoms with E-state index < -0.39 is 0 Å². The Morgan fingerprint density at radius 2 is 1.71 bits per heavy atom. The largest absolute Gasteiger partial charge is 0.494 e. The molecule has 0 unspecified atom stereocenters. The van der Waals surface area contributed by atoms with Crippen molar-refractivity contribution in [2.45, 2.75) is 57.9 Å². The summed E-state index contributed by atoms with van der Waals surface area (Å²) in [5.41, 5.74) is 2.93. The molecule has 0 saturated carbocycles. The van der Waals surface area contributed by atoms with Crippen molar-refractivity contribution in [3.63, 3.8) is 0 Å². The number of piperidine rings is 1. The van der Waals surface area contributed by atoms with Crippen molar-refractivity contribution in [3.8, 4) is 5.75 Å². The molecule has 186 valence electrons. The Hall–Kier alpha value is -3.35. The van der Waals surface area contributed by atoms with E-state index in [1.54, 1.807) is 0 Å². The van der Waals surface area contributed by atoms with Crippen LogP contribution in [0.15, 0.2) is 48.5 Å². The summed E-state index contributed by atoms with van der Waals surface area (Å²) in [5.74, 6) is 0.975. The first-order valence-corrected chi connectivity index (χ1v) is 12.7. The number of nitrogens with zero attached hydrogens (tertiary/aromatic N) is 2. The average Bonchev–Trinajstić information content (AvgIpc) is 2.88. The average molecular weight is 478 g/mol. The van der Waals surface area contributed by atoms with Gasteiger partial charge in [0.1, 0.15) is 5.75 Å². The number of ether oxygens (including phenoxy) is 1. The molecule has 0 aromatic heterocycles. The molecule has 0 spiro atoms. The van der Waals surface area contributed by atoms with Crippen LogP contribution in [0.2, 0.25) is 0 Å². The highest BCUT2D eigenvalue weighted by Crippen LogP contribution is 2.32. The van der Waals surface area contributed by atoms with E-state index >= 15 is 0 Å². The van der Waals surface area contributed by atoms with Crippen LogP contribution in [-0.2, 0) is 16.0 Å². The molecule has 0 bridgehead atoms. The number of para-hydroxylation sites is 1. The van der Waals surface area contributed by atoms with E-state index in [1.807, 2.05) is 52.3 Å². The summed E-state index contributed by atoms with van der Waals surface area (Å²) in [7, 11) is 0. The predicted octanol–water partition coefficient (Wildman–Crippen LogP) is 3.96. The third kappa shape index (κ3) is 6.41. The van der Waals surface area contributed by atoms with Gasteiger partial charge in [0.15, 0.2) is 0 Å². The lowest BCUT2D eigenvalue weighted by Crippen LogP contribution is -2.50. The molecule has 2 aliphatic rings. The number of hydrogen-bond acceptors (Lipinski definition) is 4. The number of carbonyl (C=O) groups is 3. The molecule has 1 saturated heterocycles. The summed E-state index contributed by atoms with van der Waals surface area (Å²) in [5, 5.41) is 2.79. The van der Waals surface area contributed by atoms with E-state index in [-0.39, 0.29) is 23.8 Å². The maximum absolute atomic E-state index is 13.0. The van der Waals surface area contributed by atoms with Crippen molar-refractivity contribution in [1.29, 1.82) is 0 Å². The molecule has 2 heterocycles. The van der Waals surface area contributed by atoms with Gasteiger partial charge in [-0.15, -0.1) is 0 Å². The molecular formula is C28H35N3O4. The maximum atomic E-state index is 13.0. The van der Waals surface area contributed by atoms with Crippen molar-refractivity contribution in [2.24, 2.45) is 0 Å². The smallest absolute Gasteiger partial charge is 0.253 e. The predicted molar refractivity (Wildman–Crippen MR) is 136 cm³/mol. The molecule has 0 aliphatic carbocycles. The number of rotatable bonds is 9. The van der Waals surface area contributed by atoms with E-state index in [0.717, 1.165) is 50.0 Å². The Kier molecular flexibility index (Phi) is 8.40. The van der Waals surface area contributed by atoms with Crippen molar-refractivity contribution < 1.29 is 19.1 Å². The monoisotopic (exact) mass is 477 g/mol. The van der Waals surface area contributed by atoms with Crippen LogP contribution in [0.4, 0.5) is 5.69 Å². The Morgan fingerprint density at radius 3 is 2.46 bits per heavy atom. The minimum atomic E-state index is 0.00290. The molecular weight excluding hydrogens is 442 g/mol. The summed E-state index contributed by atoms with van der Waals surface area (Å²) in [6.07, 6.45) is 5.78. The Labute approximate surface area is 207 Å². The summed E-state index contributed by atoms with van der Waals surface area (Å²) in [6.45, 7) is 4.12. The first kappa shape index (κ1) is 24.8. The third-order valence-corrected chi connectivity index (χ3v) is 6.81. The molecule has 2 aromatic carbocycles. The number of nitrogens with one attached hydrogen (secondary N) is 1. The Morgan fingerprint density at radius 1 is 0.971 bits per heavy atom. The van der Waals surface area contributed by atoms with Crippen molar-refractivity contribution in [3.05, 3.63) is 59.7 Å². The molecule has 7 heteroatoms. The zero-order chi connectivity index (χ0) is 24.6. The lowest BCUT2D eigenvalue weighted by atomic mass is 9.95. The normalized spacial score (nSPS) is 16.1. The van der Waals surface area contributed by atoms with Gasteiger partial charge in [-0.3, -0.25) is 14.4 Å². The highest BCUT2D eigenvalue weighted by atomic mass is 16.5. The molecule has 1 N–H and O–H groups in total. The van der Waals surface area contributed by atoms with Crippen LogP contribution >= 0.6 is 0 Å². The van der Waals surface area contributed by atoms with E-state index in [0.29, 0.717) is 38.2 Å². The first-order valence-electron chi connectivity index (χ1n) is 12.7.